The number of halogens is 1. The molecular weight excluding hydrogens is 314 g/mol. The van der Waals surface area contributed by atoms with Crippen LogP contribution in [0.1, 0.15) is 18.4 Å². The Kier molecular flexibility index (Phi) is 4.07. The van der Waals surface area contributed by atoms with Crippen molar-refractivity contribution in [2.45, 2.75) is 25.4 Å². The number of likely N-dealkylation sites (tertiary alicyclic amines) is 1. The summed E-state index contributed by atoms with van der Waals surface area (Å²) >= 11 is 6.15. The normalized spacial score (nSPS) is 22.1. The summed E-state index contributed by atoms with van der Waals surface area (Å²) in [5.74, 6) is 1.68. The lowest BCUT2D eigenvalue weighted by molar-refractivity contribution is 0.0581. The molecule has 1 N–H and O–H groups in total. The highest BCUT2D eigenvalue weighted by molar-refractivity contribution is 6.30. The molecule has 0 atom stereocenters. The maximum Gasteiger partial charge on any atom is 0.317 e. The third-order valence-electron chi connectivity index (χ3n) is 4.86. The average Bonchev–Trinajstić information content (AvgIpc) is 3.23. The molecule has 2 amide bonds. The first-order chi connectivity index (χ1) is 11.2. The number of rotatable bonds is 6. The van der Waals surface area contributed by atoms with E-state index in [9.17, 15) is 4.79 Å². The molecule has 124 valence electrons. The lowest BCUT2D eigenvalue weighted by atomic mass is 10.1. The van der Waals surface area contributed by atoms with Gasteiger partial charge in [0.05, 0.1) is 12.6 Å². The fraction of sp³-hybridized carbons (Fsp3) is 0.588. The summed E-state index contributed by atoms with van der Waals surface area (Å²) in [5, 5.41) is 3.61. The zero-order valence-electron chi connectivity index (χ0n) is 13.1. The average molecular weight is 336 g/mol. The van der Waals surface area contributed by atoms with Crippen LogP contribution in [-0.2, 0) is 6.54 Å². The van der Waals surface area contributed by atoms with Crippen molar-refractivity contribution in [3.05, 3.63) is 28.8 Å². The van der Waals surface area contributed by atoms with Crippen LogP contribution in [0, 0.1) is 5.92 Å². The number of carbonyl (C=O) groups excluding carboxylic acids is 1. The van der Waals surface area contributed by atoms with E-state index >= 15 is 0 Å². The second-order valence-electron chi connectivity index (χ2n) is 6.78. The van der Waals surface area contributed by atoms with Crippen molar-refractivity contribution in [1.29, 1.82) is 0 Å². The molecule has 0 radical (unpaired) electrons. The molecule has 0 spiro atoms. The molecule has 0 bridgehead atoms. The van der Waals surface area contributed by atoms with E-state index in [0.717, 1.165) is 61.6 Å². The molecule has 1 aliphatic carbocycles. The van der Waals surface area contributed by atoms with E-state index in [-0.39, 0.29) is 6.03 Å². The third kappa shape index (κ3) is 3.40. The van der Waals surface area contributed by atoms with Crippen molar-refractivity contribution < 1.29 is 9.53 Å². The second kappa shape index (κ2) is 6.21. The molecule has 2 saturated heterocycles. The van der Waals surface area contributed by atoms with E-state index < -0.39 is 0 Å². The molecule has 2 heterocycles. The Morgan fingerprint density at radius 3 is 2.83 bits per heavy atom. The second-order valence-corrected chi connectivity index (χ2v) is 7.22. The minimum atomic E-state index is 0.0749. The Balaban J connectivity index is 1.35. The van der Waals surface area contributed by atoms with E-state index in [1.54, 1.807) is 0 Å². The van der Waals surface area contributed by atoms with Crippen molar-refractivity contribution in [2.24, 2.45) is 5.92 Å². The van der Waals surface area contributed by atoms with Crippen LogP contribution >= 0.6 is 11.6 Å². The molecule has 6 heteroatoms. The molecule has 2 aliphatic heterocycles. The Bertz CT molecular complexity index is 600. The molecule has 4 rings (SSSR count). The largest absolute Gasteiger partial charge is 0.493 e. The predicted molar refractivity (Wildman–Crippen MR) is 88.8 cm³/mol. The first-order valence-corrected chi connectivity index (χ1v) is 8.75. The van der Waals surface area contributed by atoms with Crippen LogP contribution in [0.15, 0.2) is 18.2 Å². The summed E-state index contributed by atoms with van der Waals surface area (Å²) in [6.45, 7) is 5.06. The molecule has 0 aromatic heterocycles. The number of hydrogen-bond acceptors (Lipinski definition) is 3. The number of hydrogen-bond donors (Lipinski definition) is 1. The van der Waals surface area contributed by atoms with Crippen LogP contribution in [0.5, 0.6) is 5.75 Å². The van der Waals surface area contributed by atoms with Gasteiger partial charge in [-0.25, -0.2) is 4.79 Å². The summed E-state index contributed by atoms with van der Waals surface area (Å²) < 4.78 is 5.97. The van der Waals surface area contributed by atoms with Crippen molar-refractivity contribution >= 4 is 17.6 Å². The fourth-order valence-electron chi connectivity index (χ4n) is 3.25. The number of urea groups is 1. The van der Waals surface area contributed by atoms with Gasteiger partial charge in [0.15, 0.2) is 0 Å². The summed E-state index contributed by atoms with van der Waals surface area (Å²) in [7, 11) is 0. The van der Waals surface area contributed by atoms with Crippen LogP contribution in [0.4, 0.5) is 4.79 Å². The topological polar surface area (TPSA) is 44.8 Å². The molecule has 5 nitrogen and oxygen atoms in total. The molecule has 3 aliphatic rings. The third-order valence-corrected chi connectivity index (χ3v) is 5.09. The summed E-state index contributed by atoms with van der Waals surface area (Å²) in [6.07, 6.45) is 2.57. The number of nitrogens with zero attached hydrogens (tertiary/aromatic N) is 2. The zero-order chi connectivity index (χ0) is 15.8. The van der Waals surface area contributed by atoms with Crippen molar-refractivity contribution in [3.63, 3.8) is 0 Å². The minimum Gasteiger partial charge on any atom is -0.493 e. The Labute approximate surface area is 141 Å². The van der Waals surface area contributed by atoms with E-state index in [0.29, 0.717) is 6.04 Å². The SMILES string of the molecule is O=C1NCCN1C1CN(Cc2cc(Cl)ccc2OCC2CC2)C1. The van der Waals surface area contributed by atoms with Gasteiger partial charge in [-0.1, -0.05) is 11.6 Å². The van der Waals surface area contributed by atoms with Gasteiger partial charge >= 0.3 is 6.03 Å². The minimum absolute atomic E-state index is 0.0749. The number of ether oxygens (including phenoxy) is 1. The Hall–Kier alpha value is -1.46. The van der Waals surface area contributed by atoms with Gasteiger partial charge in [-0.3, -0.25) is 4.90 Å². The van der Waals surface area contributed by atoms with Gasteiger partial charge in [-0.2, -0.15) is 0 Å². The van der Waals surface area contributed by atoms with E-state index in [2.05, 4.69) is 10.2 Å². The summed E-state index contributed by atoms with van der Waals surface area (Å²) in [5.41, 5.74) is 1.14. The summed E-state index contributed by atoms with van der Waals surface area (Å²) in [6, 6.07) is 6.28. The van der Waals surface area contributed by atoms with Gasteiger partial charge in [0, 0.05) is 43.3 Å². The van der Waals surface area contributed by atoms with Gasteiger partial charge in [-0.15, -0.1) is 0 Å². The summed E-state index contributed by atoms with van der Waals surface area (Å²) in [4.78, 5) is 16.0. The molecular formula is C17H22ClN3O2. The quantitative estimate of drug-likeness (QED) is 0.868. The Morgan fingerprint density at radius 1 is 1.30 bits per heavy atom. The first-order valence-electron chi connectivity index (χ1n) is 8.37. The maximum absolute atomic E-state index is 11.7. The molecule has 1 saturated carbocycles. The highest BCUT2D eigenvalue weighted by Gasteiger charge is 2.36. The first kappa shape index (κ1) is 15.1. The number of carbonyl (C=O) groups is 1. The lowest BCUT2D eigenvalue weighted by Gasteiger charge is -2.43. The fourth-order valence-corrected chi connectivity index (χ4v) is 3.44. The molecule has 1 aromatic carbocycles. The standard InChI is InChI=1S/C17H22ClN3O2/c18-14-3-4-16(23-11-12-1-2-12)13(7-14)8-20-9-15(10-20)21-6-5-19-17(21)22/h3-4,7,12,15H,1-2,5-6,8-11H2,(H,19,22). The van der Waals surface area contributed by atoms with E-state index in [1.807, 2.05) is 23.1 Å². The van der Waals surface area contributed by atoms with Gasteiger partial charge < -0.3 is 15.0 Å². The zero-order valence-corrected chi connectivity index (χ0v) is 13.9. The maximum atomic E-state index is 11.7. The molecule has 0 unspecified atom stereocenters. The molecule has 1 aromatic rings. The smallest absolute Gasteiger partial charge is 0.317 e. The molecule has 3 fully saturated rings. The van der Waals surface area contributed by atoms with Crippen LogP contribution in [-0.4, -0.2) is 54.7 Å². The van der Waals surface area contributed by atoms with Gasteiger partial charge in [0.2, 0.25) is 0 Å². The monoisotopic (exact) mass is 335 g/mol. The van der Waals surface area contributed by atoms with Crippen LogP contribution in [0.3, 0.4) is 0 Å². The number of amides is 2. The predicted octanol–water partition coefficient (Wildman–Crippen LogP) is 2.34. The van der Waals surface area contributed by atoms with Gasteiger partial charge in [0.25, 0.3) is 0 Å². The van der Waals surface area contributed by atoms with Crippen LogP contribution in [0.25, 0.3) is 0 Å². The highest BCUT2D eigenvalue weighted by atomic mass is 35.5. The van der Waals surface area contributed by atoms with Crippen molar-refractivity contribution in [2.75, 3.05) is 32.8 Å². The Morgan fingerprint density at radius 2 is 2.13 bits per heavy atom. The van der Waals surface area contributed by atoms with Crippen LogP contribution < -0.4 is 10.1 Å². The number of nitrogens with one attached hydrogen (secondary N) is 1. The molecule has 23 heavy (non-hydrogen) atoms. The van der Waals surface area contributed by atoms with Gasteiger partial charge in [0.1, 0.15) is 5.75 Å². The van der Waals surface area contributed by atoms with E-state index in [1.165, 1.54) is 12.8 Å². The van der Waals surface area contributed by atoms with Crippen LogP contribution in [0.2, 0.25) is 5.02 Å². The van der Waals surface area contributed by atoms with Gasteiger partial charge in [-0.05, 0) is 37.0 Å². The van der Waals surface area contributed by atoms with E-state index in [4.69, 9.17) is 16.3 Å². The highest BCUT2D eigenvalue weighted by Crippen LogP contribution is 2.32. The van der Waals surface area contributed by atoms with Crippen molar-refractivity contribution in [3.8, 4) is 5.75 Å². The van der Waals surface area contributed by atoms with Crippen molar-refractivity contribution in [1.82, 2.24) is 15.1 Å². The number of benzene rings is 1. The lowest BCUT2D eigenvalue weighted by Crippen LogP contribution is -2.59.